The molecule has 174 valence electrons. The first-order chi connectivity index (χ1) is 16.1. The van der Waals surface area contributed by atoms with E-state index >= 15 is 0 Å². The van der Waals surface area contributed by atoms with Crippen LogP contribution in [-0.4, -0.2) is 17.7 Å². The van der Waals surface area contributed by atoms with Crippen LogP contribution in [0.15, 0.2) is 75.9 Å². The largest absolute Gasteiger partial charge is 0.444 e. The predicted octanol–water partition coefficient (Wildman–Crippen LogP) is 5.43. The first-order valence-electron chi connectivity index (χ1n) is 10.9. The minimum absolute atomic E-state index is 0.225. The van der Waals surface area contributed by atoms with Gasteiger partial charge in [-0.3, -0.25) is 0 Å². The van der Waals surface area contributed by atoms with E-state index in [0.29, 0.717) is 22.1 Å². The highest BCUT2D eigenvalue weighted by atomic mass is 16.6. The highest BCUT2D eigenvalue weighted by Gasteiger charge is 2.28. The van der Waals surface area contributed by atoms with E-state index in [4.69, 9.17) is 13.9 Å². The van der Waals surface area contributed by atoms with Crippen LogP contribution in [0.2, 0.25) is 0 Å². The van der Waals surface area contributed by atoms with Gasteiger partial charge in [0.05, 0.1) is 5.39 Å². The SMILES string of the molecule is Cc1c(OC(=O)C(NC(=O)OC(C)(C)C)c2ccccc2)ccc2c1oc(=O)c1ccccc12. The Balaban J connectivity index is 1.69. The number of benzene rings is 3. The number of aryl methyl sites for hydroxylation is 1. The fourth-order valence-corrected chi connectivity index (χ4v) is 3.69. The summed E-state index contributed by atoms with van der Waals surface area (Å²) in [7, 11) is 0. The van der Waals surface area contributed by atoms with Crippen LogP contribution >= 0.6 is 0 Å². The van der Waals surface area contributed by atoms with Gasteiger partial charge in [0, 0.05) is 10.9 Å². The Morgan fingerprint density at radius 3 is 2.21 bits per heavy atom. The monoisotopic (exact) mass is 459 g/mol. The molecule has 1 amide bonds. The van der Waals surface area contributed by atoms with Crippen LogP contribution < -0.4 is 15.7 Å². The molecule has 0 radical (unpaired) electrons. The summed E-state index contributed by atoms with van der Waals surface area (Å²) in [5.74, 6) is -0.481. The van der Waals surface area contributed by atoms with Gasteiger partial charge in [0.2, 0.25) is 0 Å². The molecule has 4 aromatic rings. The summed E-state index contributed by atoms with van der Waals surface area (Å²) in [6, 6.07) is 18.2. The molecule has 0 saturated carbocycles. The fourth-order valence-electron chi connectivity index (χ4n) is 3.69. The second-order valence-corrected chi connectivity index (χ2v) is 8.91. The maximum absolute atomic E-state index is 13.2. The van der Waals surface area contributed by atoms with Gasteiger partial charge in [-0.1, -0.05) is 48.5 Å². The Morgan fingerprint density at radius 2 is 1.53 bits per heavy atom. The molecule has 0 spiro atoms. The Kier molecular flexibility index (Phi) is 6.11. The number of hydrogen-bond donors (Lipinski definition) is 1. The molecular weight excluding hydrogens is 434 g/mol. The van der Waals surface area contributed by atoms with Gasteiger partial charge in [-0.05, 0) is 56.8 Å². The molecular formula is C27H25NO6. The number of nitrogens with one attached hydrogen (secondary N) is 1. The number of ether oxygens (including phenoxy) is 2. The average Bonchev–Trinajstić information content (AvgIpc) is 2.79. The standard InChI is InChI=1S/C27H25NO6/c1-16-21(15-14-19-18-12-8-9-13-20(18)24(29)33-23(16)19)32-25(30)22(17-10-6-5-7-11-17)28-26(31)34-27(2,3)4/h5-15,22H,1-4H3,(H,28,31). The first kappa shape index (κ1) is 23.0. The smallest absolute Gasteiger partial charge is 0.408 e. The summed E-state index contributed by atoms with van der Waals surface area (Å²) in [6.45, 7) is 6.91. The maximum Gasteiger partial charge on any atom is 0.408 e. The Labute approximate surface area is 196 Å². The normalized spacial score (nSPS) is 12.4. The highest BCUT2D eigenvalue weighted by Crippen LogP contribution is 2.31. The molecule has 0 fully saturated rings. The molecule has 7 nitrogen and oxygen atoms in total. The van der Waals surface area contributed by atoms with Crippen molar-refractivity contribution in [3.8, 4) is 5.75 Å². The molecule has 1 atom stereocenters. The molecule has 1 unspecified atom stereocenters. The van der Waals surface area contributed by atoms with Crippen LogP contribution in [0.4, 0.5) is 4.79 Å². The lowest BCUT2D eigenvalue weighted by molar-refractivity contribution is -0.137. The maximum atomic E-state index is 13.2. The molecule has 0 aliphatic carbocycles. The number of amides is 1. The number of fused-ring (bicyclic) bond motifs is 3. The van der Waals surface area contributed by atoms with Gasteiger partial charge in [0.25, 0.3) is 0 Å². The zero-order valence-electron chi connectivity index (χ0n) is 19.4. The van der Waals surface area contributed by atoms with Crippen molar-refractivity contribution in [1.82, 2.24) is 5.32 Å². The molecule has 1 N–H and O–H groups in total. The van der Waals surface area contributed by atoms with Gasteiger partial charge in [-0.15, -0.1) is 0 Å². The summed E-state index contributed by atoms with van der Waals surface area (Å²) in [4.78, 5) is 38.1. The molecule has 0 saturated heterocycles. The number of hydrogen-bond acceptors (Lipinski definition) is 6. The van der Waals surface area contributed by atoms with Crippen LogP contribution in [0.5, 0.6) is 5.75 Å². The third kappa shape index (κ3) is 4.78. The highest BCUT2D eigenvalue weighted by molar-refractivity contribution is 6.05. The summed E-state index contributed by atoms with van der Waals surface area (Å²) < 4.78 is 16.6. The number of rotatable bonds is 4. The quantitative estimate of drug-likeness (QED) is 0.189. The average molecular weight is 459 g/mol. The fraction of sp³-hybridized carbons (Fsp3) is 0.222. The van der Waals surface area contributed by atoms with Crippen molar-refractivity contribution in [3.63, 3.8) is 0 Å². The van der Waals surface area contributed by atoms with E-state index in [9.17, 15) is 14.4 Å². The van der Waals surface area contributed by atoms with Gasteiger partial charge in [-0.2, -0.15) is 0 Å². The molecule has 7 heteroatoms. The van der Waals surface area contributed by atoms with Crippen molar-refractivity contribution in [2.75, 3.05) is 0 Å². The van der Waals surface area contributed by atoms with Crippen molar-refractivity contribution in [1.29, 1.82) is 0 Å². The zero-order valence-corrected chi connectivity index (χ0v) is 19.4. The minimum atomic E-state index is -1.10. The van der Waals surface area contributed by atoms with Crippen LogP contribution in [0.3, 0.4) is 0 Å². The molecule has 3 aromatic carbocycles. The minimum Gasteiger partial charge on any atom is -0.444 e. The lowest BCUT2D eigenvalue weighted by atomic mass is 10.0. The third-order valence-electron chi connectivity index (χ3n) is 5.23. The second-order valence-electron chi connectivity index (χ2n) is 8.91. The third-order valence-corrected chi connectivity index (χ3v) is 5.23. The molecule has 1 heterocycles. The zero-order chi connectivity index (χ0) is 24.5. The summed E-state index contributed by atoms with van der Waals surface area (Å²) in [5, 5.41) is 4.56. The Bertz CT molecular complexity index is 1430. The van der Waals surface area contributed by atoms with Crippen LogP contribution in [0, 0.1) is 6.92 Å². The number of carbonyl (C=O) groups is 2. The second kappa shape index (κ2) is 9.02. The molecule has 4 rings (SSSR count). The van der Waals surface area contributed by atoms with Gasteiger partial charge in [0.1, 0.15) is 16.9 Å². The molecule has 0 aliphatic heterocycles. The number of alkyl carbamates (subject to hydrolysis) is 1. The Hall–Kier alpha value is -4.13. The van der Waals surface area contributed by atoms with E-state index in [2.05, 4.69) is 5.32 Å². The number of carbonyl (C=O) groups excluding carboxylic acids is 2. The van der Waals surface area contributed by atoms with Crippen molar-refractivity contribution in [3.05, 3.63) is 88.3 Å². The summed E-state index contributed by atoms with van der Waals surface area (Å²) in [6.07, 6.45) is -0.744. The van der Waals surface area contributed by atoms with E-state index in [0.717, 1.165) is 10.8 Å². The van der Waals surface area contributed by atoms with E-state index in [-0.39, 0.29) is 5.75 Å². The molecule has 0 bridgehead atoms. The van der Waals surface area contributed by atoms with Gasteiger partial charge in [0.15, 0.2) is 6.04 Å². The van der Waals surface area contributed by atoms with Crippen molar-refractivity contribution < 1.29 is 23.5 Å². The van der Waals surface area contributed by atoms with Crippen LogP contribution in [0.1, 0.15) is 37.9 Å². The van der Waals surface area contributed by atoms with E-state index in [1.54, 1.807) is 82.3 Å². The first-order valence-corrected chi connectivity index (χ1v) is 10.9. The van der Waals surface area contributed by atoms with E-state index in [1.807, 2.05) is 12.1 Å². The molecule has 34 heavy (non-hydrogen) atoms. The van der Waals surface area contributed by atoms with E-state index in [1.165, 1.54) is 0 Å². The molecule has 1 aromatic heterocycles. The summed E-state index contributed by atoms with van der Waals surface area (Å²) in [5.41, 5.74) is 0.172. The lowest BCUT2D eigenvalue weighted by Crippen LogP contribution is -2.39. The van der Waals surface area contributed by atoms with Crippen LogP contribution in [-0.2, 0) is 9.53 Å². The van der Waals surface area contributed by atoms with Gasteiger partial charge < -0.3 is 19.2 Å². The predicted molar refractivity (Wildman–Crippen MR) is 129 cm³/mol. The van der Waals surface area contributed by atoms with Crippen molar-refractivity contribution >= 4 is 33.8 Å². The van der Waals surface area contributed by atoms with E-state index < -0.39 is 29.3 Å². The topological polar surface area (TPSA) is 94.8 Å². The van der Waals surface area contributed by atoms with Gasteiger partial charge in [-0.25, -0.2) is 14.4 Å². The van der Waals surface area contributed by atoms with Crippen LogP contribution in [0.25, 0.3) is 21.7 Å². The lowest BCUT2D eigenvalue weighted by Gasteiger charge is -2.23. The molecule has 0 aliphatic rings. The summed E-state index contributed by atoms with van der Waals surface area (Å²) >= 11 is 0. The van der Waals surface area contributed by atoms with Gasteiger partial charge >= 0.3 is 17.7 Å². The van der Waals surface area contributed by atoms with Crippen molar-refractivity contribution in [2.24, 2.45) is 0 Å². The number of esters is 1. The Morgan fingerprint density at radius 1 is 0.882 bits per heavy atom. The van der Waals surface area contributed by atoms with Crippen molar-refractivity contribution in [2.45, 2.75) is 39.3 Å².